The van der Waals surface area contributed by atoms with Crippen molar-refractivity contribution in [1.29, 1.82) is 0 Å². The quantitative estimate of drug-likeness (QED) is 0.803. The molecule has 0 radical (unpaired) electrons. The molecule has 0 saturated carbocycles. The average Bonchev–Trinajstić information content (AvgIpc) is 2.58. The summed E-state index contributed by atoms with van der Waals surface area (Å²) in [7, 11) is 0. The molecule has 74 valence electrons. The standard InChI is InChI=1S/C12H15N.W/c1-3-12(4-2)9-13-11-8-6-5-7-10(11)12;/h5-8,13H,1-4,9H2;/q-2;+2. The summed E-state index contributed by atoms with van der Waals surface area (Å²) >= 11 is 0. The van der Waals surface area contributed by atoms with Gasteiger partial charge in [0.2, 0.25) is 0 Å². The van der Waals surface area contributed by atoms with E-state index in [-0.39, 0.29) is 26.5 Å². The van der Waals surface area contributed by atoms with E-state index in [1.807, 2.05) is 0 Å². The fourth-order valence-electron chi connectivity index (χ4n) is 2.03. The second-order valence-corrected chi connectivity index (χ2v) is 3.68. The number of hydrogen-bond donors (Lipinski definition) is 1. The van der Waals surface area contributed by atoms with Crippen molar-refractivity contribution in [3.63, 3.8) is 0 Å². The van der Waals surface area contributed by atoms with Gasteiger partial charge in [0.05, 0.1) is 0 Å². The molecule has 1 aromatic carbocycles. The third kappa shape index (κ3) is 1.63. The van der Waals surface area contributed by atoms with Gasteiger partial charge in [0.25, 0.3) is 0 Å². The van der Waals surface area contributed by atoms with E-state index in [4.69, 9.17) is 0 Å². The molecule has 1 aliphatic rings. The Bertz CT molecular complexity index is 305. The molecule has 0 unspecified atom stereocenters. The summed E-state index contributed by atoms with van der Waals surface area (Å²) in [6.45, 7) is 9.04. The van der Waals surface area contributed by atoms with Gasteiger partial charge in [-0.1, -0.05) is 18.2 Å². The number of fused-ring (bicyclic) bond motifs is 1. The van der Waals surface area contributed by atoms with Gasteiger partial charge in [0.1, 0.15) is 0 Å². The van der Waals surface area contributed by atoms with Crippen molar-refractivity contribution in [2.75, 3.05) is 11.9 Å². The zero-order chi connectivity index (χ0) is 9.31. The van der Waals surface area contributed by atoms with Crippen molar-refractivity contribution >= 4 is 5.69 Å². The summed E-state index contributed by atoms with van der Waals surface area (Å²) in [4.78, 5) is 0. The Morgan fingerprint density at radius 1 is 1.21 bits per heavy atom. The molecule has 2 heteroatoms. The zero-order valence-corrected chi connectivity index (χ0v) is 11.2. The SMILES string of the molecule is [CH2-]CC1(C[CH2-])CNc2ccccc21.[W+2]. The smallest absolute Gasteiger partial charge is 0.384 e. The molecule has 1 heterocycles. The molecule has 1 aliphatic heterocycles. The van der Waals surface area contributed by atoms with Crippen LogP contribution in [0.2, 0.25) is 0 Å². The maximum Gasteiger partial charge on any atom is 2.00 e. The summed E-state index contributed by atoms with van der Waals surface area (Å²) in [5.41, 5.74) is 2.83. The van der Waals surface area contributed by atoms with Crippen molar-refractivity contribution in [2.24, 2.45) is 0 Å². The molecule has 0 atom stereocenters. The molecular weight excluding hydrogens is 342 g/mol. The first-order valence-electron chi connectivity index (χ1n) is 4.74. The van der Waals surface area contributed by atoms with Gasteiger partial charge < -0.3 is 19.2 Å². The Morgan fingerprint density at radius 2 is 1.86 bits per heavy atom. The van der Waals surface area contributed by atoms with Crippen LogP contribution in [0.25, 0.3) is 0 Å². The number of anilines is 1. The zero-order valence-electron chi connectivity index (χ0n) is 8.25. The van der Waals surface area contributed by atoms with Crippen LogP contribution in [0.3, 0.4) is 0 Å². The van der Waals surface area contributed by atoms with Crippen molar-refractivity contribution in [3.05, 3.63) is 43.7 Å². The minimum Gasteiger partial charge on any atom is -0.384 e. The number of rotatable bonds is 2. The maximum atomic E-state index is 4.03. The molecule has 0 amide bonds. The molecule has 0 spiro atoms. The number of para-hydroxylation sites is 1. The van der Waals surface area contributed by atoms with Crippen molar-refractivity contribution in [3.8, 4) is 0 Å². The van der Waals surface area contributed by atoms with Gasteiger partial charge in [-0.2, -0.15) is 12.8 Å². The first kappa shape index (κ1) is 11.8. The van der Waals surface area contributed by atoms with Gasteiger partial charge in [-0.25, -0.2) is 0 Å². The maximum absolute atomic E-state index is 4.03. The Hall–Kier alpha value is -0.292. The number of nitrogens with one attached hydrogen (secondary N) is 1. The van der Waals surface area contributed by atoms with Gasteiger partial charge in [0, 0.05) is 12.2 Å². The van der Waals surface area contributed by atoms with Crippen molar-refractivity contribution < 1.29 is 21.1 Å². The number of benzene rings is 1. The van der Waals surface area contributed by atoms with E-state index in [2.05, 4.69) is 43.4 Å². The molecular formula is C12H15NW. The van der Waals surface area contributed by atoms with E-state index in [1.165, 1.54) is 11.3 Å². The molecule has 0 bridgehead atoms. The Balaban J connectivity index is 0.000000980. The van der Waals surface area contributed by atoms with Crippen LogP contribution >= 0.6 is 0 Å². The van der Waals surface area contributed by atoms with Crippen LogP contribution in [0.15, 0.2) is 24.3 Å². The molecule has 2 rings (SSSR count). The predicted molar refractivity (Wildman–Crippen MR) is 56.6 cm³/mol. The van der Waals surface area contributed by atoms with Gasteiger partial charge in [-0.05, 0) is 17.0 Å². The normalized spacial score (nSPS) is 16.7. The van der Waals surface area contributed by atoms with Crippen LogP contribution in [-0.2, 0) is 26.5 Å². The molecule has 14 heavy (non-hydrogen) atoms. The van der Waals surface area contributed by atoms with E-state index in [0.29, 0.717) is 0 Å². The molecule has 0 aromatic heterocycles. The summed E-state index contributed by atoms with van der Waals surface area (Å²) in [5.74, 6) is 0. The monoisotopic (exact) mass is 357 g/mol. The second-order valence-electron chi connectivity index (χ2n) is 3.68. The van der Waals surface area contributed by atoms with Crippen LogP contribution in [0, 0.1) is 13.8 Å². The fourth-order valence-corrected chi connectivity index (χ4v) is 2.03. The van der Waals surface area contributed by atoms with E-state index < -0.39 is 0 Å². The van der Waals surface area contributed by atoms with Crippen LogP contribution in [0.4, 0.5) is 5.69 Å². The average molecular weight is 357 g/mol. The Morgan fingerprint density at radius 3 is 2.50 bits per heavy atom. The van der Waals surface area contributed by atoms with E-state index in [0.717, 1.165) is 19.4 Å². The minimum absolute atomic E-state index is 0. The second kappa shape index (κ2) is 4.49. The molecule has 0 aliphatic carbocycles. The van der Waals surface area contributed by atoms with Gasteiger partial charge >= 0.3 is 21.1 Å². The van der Waals surface area contributed by atoms with Gasteiger partial charge in [-0.15, -0.1) is 0 Å². The van der Waals surface area contributed by atoms with E-state index >= 15 is 0 Å². The molecule has 1 aromatic rings. The molecule has 1 N–H and O–H groups in total. The summed E-state index contributed by atoms with van der Waals surface area (Å²) in [6.07, 6.45) is 1.83. The third-order valence-corrected chi connectivity index (χ3v) is 3.07. The molecule has 0 saturated heterocycles. The number of hydrogen-bond acceptors (Lipinski definition) is 1. The Kier molecular flexibility index (Phi) is 3.77. The third-order valence-electron chi connectivity index (χ3n) is 3.07. The van der Waals surface area contributed by atoms with Crippen molar-refractivity contribution in [1.82, 2.24) is 0 Å². The summed E-state index contributed by atoms with van der Waals surface area (Å²) < 4.78 is 0. The Labute approximate surface area is 101 Å². The van der Waals surface area contributed by atoms with E-state index in [9.17, 15) is 0 Å². The van der Waals surface area contributed by atoms with Crippen LogP contribution in [0.5, 0.6) is 0 Å². The fraction of sp³-hybridized carbons (Fsp3) is 0.333. The van der Waals surface area contributed by atoms with Gasteiger partial charge in [0.15, 0.2) is 0 Å². The largest absolute Gasteiger partial charge is 2.00 e. The van der Waals surface area contributed by atoms with Crippen LogP contribution in [-0.4, -0.2) is 6.54 Å². The van der Waals surface area contributed by atoms with Crippen LogP contribution in [0.1, 0.15) is 18.4 Å². The topological polar surface area (TPSA) is 12.0 Å². The first-order chi connectivity index (χ1) is 6.32. The molecule has 1 nitrogen and oxygen atoms in total. The molecule has 0 fully saturated rings. The van der Waals surface area contributed by atoms with Crippen molar-refractivity contribution in [2.45, 2.75) is 18.3 Å². The van der Waals surface area contributed by atoms with E-state index in [1.54, 1.807) is 0 Å². The van der Waals surface area contributed by atoms with Crippen LogP contribution < -0.4 is 5.32 Å². The van der Waals surface area contributed by atoms with Gasteiger partial charge in [-0.3, -0.25) is 0 Å². The summed E-state index contributed by atoms with van der Waals surface area (Å²) in [5, 5.41) is 3.41. The minimum atomic E-state index is 0. The predicted octanol–water partition coefficient (Wildman–Crippen LogP) is 2.80. The summed E-state index contributed by atoms with van der Waals surface area (Å²) in [6, 6.07) is 8.47. The first-order valence-corrected chi connectivity index (χ1v) is 4.74.